The molecule has 0 saturated carbocycles. The minimum atomic E-state index is -0.494. The van der Waals surface area contributed by atoms with E-state index in [4.69, 9.17) is 24.7 Å². The number of rotatable bonds is 4. The maximum atomic E-state index is 5.75. The Balaban J connectivity index is 0.00000116. The van der Waals surface area contributed by atoms with Gasteiger partial charge in [0.1, 0.15) is 0 Å². The summed E-state index contributed by atoms with van der Waals surface area (Å²) in [5, 5.41) is 0. The lowest BCUT2D eigenvalue weighted by Crippen LogP contribution is -2.59. The molecule has 2 aliphatic heterocycles. The van der Waals surface area contributed by atoms with Crippen molar-refractivity contribution in [3.05, 3.63) is 0 Å². The Hall–Kier alpha value is -0.240. The average Bonchev–Trinajstić information content (AvgIpc) is 2.48. The zero-order valence-electron chi connectivity index (χ0n) is 15.1. The normalized spacial score (nSPS) is 25.6. The second kappa shape index (κ2) is 8.57. The van der Waals surface area contributed by atoms with Crippen molar-refractivity contribution in [1.29, 1.82) is 0 Å². The van der Waals surface area contributed by atoms with Crippen LogP contribution in [0.1, 0.15) is 41.5 Å². The van der Waals surface area contributed by atoms with Crippen molar-refractivity contribution in [2.24, 2.45) is 5.73 Å². The van der Waals surface area contributed by atoms with Crippen molar-refractivity contribution < 1.29 is 18.9 Å². The van der Waals surface area contributed by atoms with E-state index < -0.39 is 11.6 Å². The highest BCUT2D eigenvalue weighted by Crippen LogP contribution is 2.24. The second-order valence-corrected chi connectivity index (χ2v) is 6.38. The highest BCUT2D eigenvalue weighted by atomic mass is 16.7. The molecular weight excluding hydrogens is 284 g/mol. The van der Waals surface area contributed by atoms with E-state index in [1.54, 1.807) is 0 Å². The Morgan fingerprint density at radius 3 is 1.41 bits per heavy atom. The van der Waals surface area contributed by atoms with Crippen LogP contribution < -0.4 is 5.73 Å². The molecular formula is C16H34N2O4. The summed E-state index contributed by atoms with van der Waals surface area (Å²) in [5.74, 6) is -0.987. The van der Waals surface area contributed by atoms with Crippen LogP contribution in [0.5, 0.6) is 0 Å². The van der Waals surface area contributed by atoms with Gasteiger partial charge in [0.15, 0.2) is 11.6 Å². The van der Waals surface area contributed by atoms with Crippen LogP contribution in [-0.2, 0) is 18.9 Å². The zero-order valence-corrected chi connectivity index (χ0v) is 15.1. The smallest absolute Gasteiger partial charge is 0.162 e. The number of hydrogen-bond acceptors (Lipinski definition) is 6. The number of nitrogens with zero attached hydrogens (tertiary/aromatic N) is 1. The standard InChI is InChI=1S/C14H28N2O4.C2H6/c1-13(2)17-7-11(8-18-13)16(6-5-15)12-9-19-14(3,4)20-10-12;1-2/h11-12H,5-10,15H2,1-4H3;1-2H3. The van der Waals surface area contributed by atoms with E-state index in [1.165, 1.54) is 0 Å². The molecule has 0 aromatic carbocycles. The topological polar surface area (TPSA) is 66.2 Å². The van der Waals surface area contributed by atoms with Gasteiger partial charge in [-0.05, 0) is 27.7 Å². The molecule has 0 aromatic heterocycles. The van der Waals surface area contributed by atoms with Gasteiger partial charge in [-0.2, -0.15) is 0 Å². The van der Waals surface area contributed by atoms with E-state index in [1.807, 2.05) is 41.5 Å². The van der Waals surface area contributed by atoms with Crippen LogP contribution in [-0.4, -0.2) is 68.1 Å². The van der Waals surface area contributed by atoms with Crippen molar-refractivity contribution in [1.82, 2.24) is 4.90 Å². The van der Waals surface area contributed by atoms with Crippen molar-refractivity contribution in [2.75, 3.05) is 39.5 Å². The summed E-state index contributed by atoms with van der Waals surface area (Å²) < 4.78 is 23.0. The predicted octanol–water partition coefficient (Wildman–Crippen LogP) is 1.58. The monoisotopic (exact) mass is 318 g/mol. The van der Waals surface area contributed by atoms with Gasteiger partial charge < -0.3 is 24.7 Å². The molecule has 0 aromatic rings. The molecule has 0 amide bonds. The zero-order chi connectivity index (χ0) is 16.8. The minimum absolute atomic E-state index is 0.199. The van der Waals surface area contributed by atoms with Crippen LogP contribution in [0.2, 0.25) is 0 Å². The fraction of sp³-hybridized carbons (Fsp3) is 1.00. The lowest BCUT2D eigenvalue weighted by atomic mass is 10.1. The van der Waals surface area contributed by atoms with Gasteiger partial charge in [-0.15, -0.1) is 0 Å². The molecule has 0 atom stereocenters. The Labute approximate surface area is 135 Å². The third kappa shape index (κ3) is 5.76. The second-order valence-electron chi connectivity index (χ2n) is 6.38. The quantitative estimate of drug-likeness (QED) is 0.849. The summed E-state index contributed by atoms with van der Waals surface area (Å²) in [6, 6.07) is 0.398. The third-order valence-electron chi connectivity index (χ3n) is 3.82. The average molecular weight is 318 g/mol. The molecule has 0 aliphatic carbocycles. The largest absolute Gasteiger partial charge is 0.349 e. The van der Waals surface area contributed by atoms with Gasteiger partial charge in [-0.1, -0.05) is 13.8 Å². The van der Waals surface area contributed by atoms with E-state index >= 15 is 0 Å². The summed E-state index contributed by atoms with van der Waals surface area (Å²) in [5.41, 5.74) is 5.74. The molecule has 2 fully saturated rings. The van der Waals surface area contributed by atoms with Crippen LogP contribution in [0.3, 0.4) is 0 Å². The van der Waals surface area contributed by atoms with Gasteiger partial charge in [0.2, 0.25) is 0 Å². The van der Waals surface area contributed by atoms with Crippen molar-refractivity contribution in [3.63, 3.8) is 0 Å². The summed E-state index contributed by atoms with van der Waals surface area (Å²) in [4.78, 5) is 2.30. The molecule has 2 saturated heterocycles. The third-order valence-corrected chi connectivity index (χ3v) is 3.82. The van der Waals surface area contributed by atoms with Crippen molar-refractivity contribution in [2.45, 2.75) is 65.2 Å². The van der Waals surface area contributed by atoms with Crippen LogP contribution in [0.15, 0.2) is 0 Å². The van der Waals surface area contributed by atoms with Crippen LogP contribution in [0.4, 0.5) is 0 Å². The molecule has 0 unspecified atom stereocenters. The van der Waals surface area contributed by atoms with Crippen molar-refractivity contribution >= 4 is 0 Å². The highest BCUT2D eigenvalue weighted by Gasteiger charge is 2.37. The lowest BCUT2D eigenvalue weighted by molar-refractivity contribution is -0.287. The van der Waals surface area contributed by atoms with E-state index in [9.17, 15) is 0 Å². The van der Waals surface area contributed by atoms with Crippen LogP contribution >= 0.6 is 0 Å². The molecule has 2 rings (SSSR count). The summed E-state index contributed by atoms with van der Waals surface area (Å²) in [6.45, 7) is 15.7. The fourth-order valence-corrected chi connectivity index (χ4v) is 2.56. The lowest BCUT2D eigenvalue weighted by Gasteiger charge is -2.46. The maximum Gasteiger partial charge on any atom is 0.162 e. The SMILES string of the molecule is CC.CC1(C)OCC(N(CCN)C2COC(C)(C)OC2)CO1. The van der Waals surface area contributed by atoms with Gasteiger partial charge in [-0.3, -0.25) is 4.90 Å². The van der Waals surface area contributed by atoms with Gasteiger partial charge in [0.05, 0.1) is 38.5 Å². The van der Waals surface area contributed by atoms with Gasteiger partial charge in [0, 0.05) is 13.1 Å². The first kappa shape index (κ1) is 19.8. The van der Waals surface area contributed by atoms with E-state index in [0.29, 0.717) is 33.0 Å². The molecule has 2 aliphatic rings. The molecule has 0 spiro atoms. The van der Waals surface area contributed by atoms with Gasteiger partial charge in [-0.25, -0.2) is 0 Å². The highest BCUT2D eigenvalue weighted by molar-refractivity contribution is 4.84. The van der Waals surface area contributed by atoms with E-state index in [-0.39, 0.29) is 12.1 Å². The number of ether oxygens (including phenoxy) is 4. The fourth-order valence-electron chi connectivity index (χ4n) is 2.56. The Morgan fingerprint density at radius 2 is 1.14 bits per heavy atom. The van der Waals surface area contributed by atoms with Gasteiger partial charge >= 0.3 is 0 Å². The number of hydrogen-bond donors (Lipinski definition) is 1. The Morgan fingerprint density at radius 1 is 0.818 bits per heavy atom. The molecule has 0 radical (unpaired) electrons. The first-order valence-electron chi connectivity index (χ1n) is 8.35. The Kier molecular flexibility index (Phi) is 7.71. The minimum Gasteiger partial charge on any atom is -0.349 e. The molecule has 2 N–H and O–H groups in total. The maximum absolute atomic E-state index is 5.75. The summed E-state index contributed by atoms with van der Waals surface area (Å²) in [7, 11) is 0. The summed E-state index contributed by atoms with van der Waals surface area (Å²) in [6.07, 6.45) is 0. The molecule has 6 nitrogen and oxygen atoms in total. The molecule has 0 bridgehead atoms. The summed E-state index contributed by atoms with van der Waals surface area (Å²) >= 11 is 0. The first-order valence-corrected chi connectivity index (χ1v) is 8.35. The molecule has 6 heteroatoms. The van der Waals surface area contributed by atoms with E-state index in [0.717, 1.165) is 6.54 Å². The number of nitrogens with two attached hydrogens (primary N) is 1. The molecule has 132 valence electrons. The Bertz CT molecular complexity index is 275. The first-order chi connectivity index (χ1) is 10.3. The van der Waals surface area contributed by atoms with Crippen LogP contribution in [0.25, 0.3) is 0 Å². The van der Waals surface area contributed by atoms with Crippen LogP contribution in [0, 0.1) is 0 Å². The predicted molar refractivity (Wildman–Crippen MR) is 86.7 cm³/mol. The van der Waals surface area contributed by atoms with E-state index in [2.05, 4.69) is 4.90 Å². The molecule has 22 heavy (non-hydrogen) atoms. The molecule has 2 heterocycles. The van der Waals surface area contributed by atoms with Crippen molar-refractivity contribution in [3.8, 4) is 0 Å². The van der Waals surface area contributed by atoms with Gasteiger partial charge in [0.25, 0.3) is 0 Å².